The van der Waals surface area contributed by atoms with Crippen molar-refractivity contribution >= 4 is 11.4 Å². The molecule has 1 heterocycles. The average molecular weight is 341 g/mol. The largest absolute Gasteiger partial charge is 0.378 e. The highest BCUT2D eigenvalue weighted by Gasteiger charge is 2.37. The Kier molecular flexibility index (Phi) is 4.29. The van der Waals surface area contributed by atoms with Crippen LogP contribution in [0.3, 0.4) is 0 Å². The molecule has 0 aromatic heterocycles. The highest BCUT2D eigenvalue weighted by molar-refractivity contribution is 5.64. The summed E-state index contributed by atoms with van der Waals surface area (Å²) in [6.07, 6.45) is 0.861. The first-order valence-corrected chi connectivity index (χ1v) is 8.23. The van der Waals surface area contributed by atoms with Gasteiger partial charge in [-0.25, -0.2) is 0 Å². The molecule has 6 nitrogen and oxygen atoms in total. The maximum atomic E-state index is 10.6. The van der Waals surface area contributed by atoms with Crippen LogP contribution in [-0.2, 0) is 11.8 Å². The maximum Gasteiger partial charge on any atom is 0.299 e. The van der Waals surface area contributed by atoms with Crippen molar-refractivity contribution in [1.29, 1.82) is 0 Å². The fraction of sp³-hybridized carbons (Fsp3) is 0.368. The molecule has 1 atom stereocenters. The summed E-state index contributed by atoms with van der Waals surface area (Å²) in [5, 5.41) is 9.88. The van der Waals surface area contributed by atoms with E-state index in [1.807, 2.05) is 27.2 Å². The summed E-state index contributed by atoms with van der Waals surface area (Å²) >= 11 is 0. The van der Waals surface area contributed by atoms with Gasteiger partial charge < -0.3 is 9.80 Å². The molecule has 25 heavy (non-hydrogen) atoms. The second-order valence-corrected chi connectivity index (χ2v) is 7.15. The Morgan fingerprint density at radius 3 is 2.52 bits per heavy atom. The highest BCUT2D eigenvalue weighted by Crippen LogP contribution is 2.43. The van der Waals surface area contributed by atoms with Gasteiger partial charge >= 0.3 is 0 Å². The molecular weight excluding hydrogens is 318 g/mol. The van der Waals surface area contributed by atoms with E-state index in [2.05, 4.69) is 45.8 Å². The quantitative estimate of drug-likeness (QED) is 0.617. The van der Waals surface area contributed by atoms with Crippen LogP contribution in [0.1, 0.15) is 18.1 Å². The van der Waals surface area contributed by atoms with Crippen molar-refractivity contribution in [2.75, 3.05) is 37.5 Å². The molecule has 0 saturated heterocycles. The average Bonchev–Trinajstić information content (AvgIpc) is 2.78. The van der Waals surface area contributed by atoms with Gasteiger partial charge in [0.1, 0.15) is 5.75 Å². The van der Waals surface area contributed by atoms with Gasteiger partial charge in [0.05, 0.1) is 0 Å². The molecule has 2 aromatic rings. The zero-order valence-electron chi connectivity index (χ0n) is 15.0. The van der Waals surface area contributed by atoms with Crippen LogP contribution in [0.4, 0.5) is 11.4 Å². The van der Waals surface area contributed by atoms with E-state index in [4.69, 9.17) is 0 Å². The van der Waals surface area contributed by atoms with Crippen LogP contribution < -0.4 is 14.6 Å². The zero-order chi connectivity index (χ0) is 18.2. The predicted octanol–water partition coefficient (Wildman–Crippen LogP) is 3.27. The van der Waals surface area contributed by atoms with Gasteiger partial charge in [-0.15, -0.1) is 10.1 Å². The molecule has 0 bridgehead atoms. The number of anilines is 2. The van der Waals surface area contributed by atoms with Crippen LogP contribution in [0, 0.1) is 10.1 Å². The van der Waals surface area contributed by atoms with Crippen molar-refractivity contribution in [3.8, 4) is 5.75 Å². The third-order valence-electron chi connectivity index (χ3n) is 4.84. The molecule has 6 heteroatoms. The fourth-order valence-electron chi connectivity index (χ4n) is 3.68. The second kappa shape index (κ2) is 6.27. The first-order valence-electron chi connectivity index (χ1n) is 8.23. The molecule has 0 aliphatic carbocycles. The molecule has 3 rings (SSSR count). The van der Waals surface area contributed by atoms with Gasteiger partial charge in [-0.1, -0.05) is 19.1 Å². The van der Waals surface area contributed by atoms with Gasteiger partial charge in [0, 0.05) is 44.5 Å². The Morgan fingerprint density at radius 2 is 1.92 bits per heavy atom. The molecule has 0 saturated carbocycles. The van der Waals surface area contributed by atoms with E-state index in [0.717, 1.165) is 24.2 Å². The number of hydrogen-bond donors (Lipinski definition) is 0. The molecule has 0 spiro atoms. The van der Waals surface area contributed by atoms with E-state index in [-0.39, 0.29) is 11.2 Å². The Morgan fingerprint density at radius 1 is 1.24 bits per heavy atom. The summed E-state index contributed by atoms with van der Waals surface area (Å²) in [5.74, 6) is 0.272. The lowest BCUT2D eigenvalue weighted by atomic mass is 9.79. The van der Waals surface area contributed by atoms with E-state index in [0.29, 0.717) is 0 Å². The first kappa shape index (κ1) is 17.1. The van der Waals surface area contributed by atoms with Crippen LogP contribution >= 0.6 is 0 Å². The summed E-state index contributed by atoms with van der Waals surface area (Å²) in [5.41, 5.74) is 4.48. The fourth-order valence-corrected chi connectivity index (χ4v) is 3.68. The summed E-state index contributed by atoms with van der Waals surface area (Å²) in [7, 11) is 6.10. The van der Waals surface area contributed by atoms with Crippen molar-refractivity contribution in [3.05, 3.63) is 63.7 Å². The molecule has 1 aliphatic heterocycles. The topological polar surface area (TPSA) is 58.8 Å². The van der Waals surface area contributed by atoms with Crippen molar-refractivity contribution in [3.63, 3.8) is 0 Å². The molecule has 0 amide bonds. The minimum absolute atomic E-state index is 0.125. The Labute approximate surface area is 147 Å². The standard InChI is InChI=1S/C19H23N3O3/c1-19(12-14-5-7-15(8-6-14)20(2)3)13-21(4)18-10-9-16(11-17(18)19)25-22(23)24/h5-11H,12-13H2,1-4H3. The van der Waals surface area contributed by atoms with E-state index in [9.17, 15) is 10.1 Å². The summed E-state index contributed by atoms with van der Waals surface area (Å²) in [6, 6.07) is 13.9. The lowest BCUT2D eigenvalue weighted by molar-refractivity contribution is -0.711. The third-order valence-corrected chi connectivity index (χ3v) is 4.84. The number of benzene rings is 2. The summed E-state index contributed by atoms with van der Waals surface area (Å²) in [4.78, 5) is 19.6. The van der Waals surface area contributed by atoms with Gasteiger partial charge in [0.2, 0.25) is 0 Å². The van der Waals surface area contributed by atoms with Gasteiger partial charge in [0.15, 0.2) is 0 Å². The van der Waals surface area contributed by atoms with Crippen molar-refractivity contribution < 1.29 is 9.92 Å². The highest BCUT2D eigenvalue weighted by atomic mass is 17.0. The lowest BCUT2D eigenvalue weighted by Crippen LogP contribution is -2.30. The normalized spacial score (nSPS) is 18.8. The molecule has 1 unspecified atom stereocenters. The van der Waals surface area contributed by atoms with E-state index in [1.165, 1.54) is 11.3 Å². The molecule has 0 radical (unpaired) electrons. The number of nitrogens with zero attached hydrogens (tertiary/aromatic N) is 3. The maximum absolute atomic E-state index is 10.6. The number of rotatable bonds is 5. The van der Waals surface area contributed by atoms with Crippen LogP contribution in [0.15, 0.2) is 42.5 Å². The number of hydrogen-bond acceptors (Lipinski definition) is 5. The van der Waals surface area contributed by atoms with Gasteiger partial charge in [0.25, 0.3) is 5.09 Å². The molecule has 132 valence electrons. The Hall–Kier alpha value is -2.76. The second-order valence-electron chi connectivity index (χ2n) is 7.15. The SMILES string of the molecule is CN(C)c1ccc(CC2(C)CN(C)c3ccc(O[N+](=O)[O-])cc32)cc1. The van der Waals surface area contributed by atoms with Gasteiger partial charge in [-0.3, -0.25) is 4.84 Å². The Balaban J connectivity index is 1.90. The molecular formula is C19H23N3O3. The molecule has 1 aliphatic rings. The Bertz CT molecular complexity index is 789. The van der Waals surface area contributed by atoms with Crippen molar-refractivity contribution in [2.45, 2.75) is 18.8 Å². The minimum atomic E-state index is -0.766. The number of fused-ring (bicyclic) bond motifs is 1. The van der Waals surface area contributed by atoms with E-state index < -0.39 is 5.09 Å². The van der Waals surface area contributed by atoms with Gasteiger partial charge in [-0.05, 0) is 47.9 Å². The third kappa shape index (κ3) is 3.38. The van der Waals surface area contributed by atoms with Crippen LogP contribution in [0.25, 0.3) is 0 Å². The van der Waals surface area contributed by atoms with Crippen molar-refractivity contribution in [2.24, 2.45) is 0 Å². The molecule has 2 aromatic carbocycles. The smallest absolute Gasteiger partial charge is 0.299 e. The molecule has 0 N–H and O–H groups in total. The first-order chi connectivity index (χ1) is 11.8. The van der Waals surface area contributed by atoms with Gasteiger partial charge in [-0.2, -0.15) is 0 Å². The zero-order valence-corrected chi connectivity index (χ0v) is 15.0. The monoisotopic (exact) mass is 341 g/mol. The predicted molar refractivity (Wildman–Crippen MR) is 99.2 cm³/mol. The van der Waals surface area contributed by atoms with E-state index in [1.54, 1.807) is 12.1 Å². The minimum Gasteiger partial charge on any atom is -0.378 e. The number of likely N-dealkylation sites (N-methyl/N-ethyl adjacent to an activating group) is 1. The van der Waals surface area contributed by atoms with Crippen LogP contribution in [-0.4, -0.2) is 32.8 Å². The van der Waals surface area contributed by atoms with Crippen molar-refractivity contribution in [1.82, 2.24) is 0 Å². The lowest BCUT2D eigenvalue weighted by Gasteiger charge is -2.26. The summed E-state index contributed by atoms with van der Waals surface area (Å²) < 4.78 is 0. The summed E-state index contributed by atoms with van der Waals surface area (Å²) in [6.45, 7) is 3.06. The van der Waals surface area contributed by atoms with E-state index >= 15 is 0 Å². The molecule has 0 fully saturated rings. The van der Waals surface area contributed by atoms with Crippen LogP contribution in [0.5, 0.6) is 5.75 Å². The van der Waals surface area contributed by atoms with Crippen LogP contribution in [0.2, 0.25) is 0 Å².